The van der Waals surface area contributed by atoms with Gasteiger partial charge in [-0.05, 0) is 33.3 Å². The summed E-state index contributed by atoms with van der Waals surface area (Å²) in [5, 5.41) is 1.45. The van der Waals surface area contributed by atoms with Gasteiger partial charge in [-0.15, -0.1) is 0 Å². The zero-order valence-corrected chi connectivity index (χ0v) is 12.9. The Morgan fingerprint density at radius 1 is 1.29 bits per heavy atom. The predicted molar refractivity (Wildman–Crippen MR) is 78.4 cm³/mol. The molecule has 94 valence electrons. The van der Waals surface area contributed by atoms with Crippen molar-refractivity contribution in [3.63, 3.8) is 0 Å². The lowest BCUT2D eigenvalue weighted by Gasteiger charge is -2.27. The summed E-state index contributed by atoms with van der Waals surface area (Å²) in [7, 11) is -0.413. The molecule has 0 heterocycles. The Hall–Kier alpha value is -1.02. The van der Waals surface area contributed by atoms with Gasteiger partial charge in [0.1, 0.15) is 9.52 Å². The van der Waals surface area contributed by atoms with Gasteiger partial charge in [0.15, 0.2) is 0 Å². The van der Waals surface area contributed by atoms with E-state index in [1.54, 1.807) is 0 Å². The van der Waals surface area contributed by atoms with Gasteiger partial charge in [0, 0.05) is 0 Å². The number of ether oxygens (including phenoxy) is 1. The highest BCUT2D eigenvalue weighted by Gasteiger charge is 2.20. The van der Waals surface area contributed by atoms with Crippen molar-refractivity contribution >= 4 is 14.7 Å². The van der Waals surface area contributed by atoms with Crippen LogP contribution in [0.15, 0.2) is 42.2 Å². The minimum absolute atomic E-state index is 0.00429. The van der Waals surface area contributed by atoms with E-state index in [1.165, 1.54) is 11.6 Å². The van der Waals surface area contributed by atoms with E-state index in [-0.39, 0.29) is 5.22 Å². The van der Waals surface area contributed by atoms with E-state index in [0.717, 1.165) is 12.2 Å². The Balaban J connectivity index is 2.57. The SMILES string of the molecule is CCC/C=C(\C)OC(C)(C)[SiH2]c1ccccc1. The molecular formula is C15H24OSi. The molecule has 0 fully saturated rings. The van der Waals surface area contributed by atoms with Crippen molar-refractivity contribution in [2.45, 2.75) is 45.8 Å². The van der Waals surface area contributed by atoms with Gasteiger partial charge < -0.3 is 4.74 Å². The fourth-order valence-electron chi connectivity index (χ4n) is 1.95. The van der Waals surface area contributed by atoms with Crippen molar-refractivity contribution in [1.82, 2.24) is 0 Å². The summed E-state index contributed by atoms with van der Waals surface area (Å²) in [5.74, 6) is 1.07. The molecular weight excluding hydrogens is 224 g/mol. The van der Waals surface area contributed by atoms with Crippen LogP contribution in [0.25, 0.3) is 0 Å². The number of hydrogen-bond donors (Lipinski definition) is 0. The van der Waals surface area contributed by atoms with Gasteiger partial charge in [0.2, 0.25) is 0 Å². The maximum absolute atomic E-state index is 6.07. The molecule has 1 rings (SSSR count). The third-order valence-corrected chi connectivity index (χ3v) is 4.51. The molecule has 0 aliphatic rings. The van der Waals surface area contributed by atoms with Crippen molar-refractivity contribution in [3.05, 3.63) is 42.2 Å². The lowest BCUT2D eigenvalue weighted by atomic mass is 10.3. The van der Waals surface area contributed by atoms with Crippen LogP contribution in [-0.4, -0.2) is 14.7 Å². The minimum Gasteiger partial charge on any atom is -0.497 e. The average Bonchev–Trinajstić information content (AvgIpc) is 2.26. The Labute approximate surface area is 108 Å². The van der Waals surface area contributed by atoms with Crippen LogP contribution in [0.1, 0.15) is 40.5 Å². The van der Waals surface area contributed by atoms with E-state index in [4.69, 9.17) is 4.74 Å². The number of hydrogen-bond acceptors (Lipinski definition) is 1. The van der Waals surface area contributed by atoms with Gasteiger partial charge in [-0.1, -0.05) is 48.9 Å². The molecule has 0 aromatic heterocycles. The number of benzene rings is 1. The smallest absolute Gasteiger partial charge is 0.106 e. The van der Waals surface area contributed by atoms with Crippen LogP contribution in [0.4, 0.5) is 0 Å². The fourth-order valence-corrected chi connectivity index (χ4v) is 3.74. The number of unbranched alkanes of at least 4 members (excludes halogenated alkanes) is 1. The molecule has 0 N–H and O–H groups in total. The first-order valence-electron chi connectivity index (χ1n) is 6.43. The molecule has 0 radical (unpaired) electrons. The zero-order chi connectivity index (χ0) is 12.7. The van der Waals surface area contributed by atoms with Gasteiger partial charge >= 0.3 is 0 Å². The fraction of sp³-hybridized carbons (Fsp3) is 0.467. The first-order chi connectivity index (χ1) is 8.03. The minimum atomic E-state index is -0.413. The molecule has 0 saturated heterocycles. The molecule has 17 heavy (non-hydrogen) atoms. The molecule has 1 aromatic carbocycles. The Kier molecular flexibility index (Phi) is 5.49. The van der Waals surface area contributed by atoms with Gasteiger partial charge in [-0.2, -0.15) is 0 Å². The Morgan fingerprint density at radius 3 is 2.53 bits per heavy atom. The number of allylic oxidation sites excluding steroid dienone is 2. The zero-order valence-electron chi connectivity index (χ0n) is 11.5. The first-order valence-corrected chi connectivity index (χ1v) is 7.84. The molecule has 0 amide bonds. The summed E-state index contributed by atoms with van der Waals surface area (Å²) in [4.78, 5) is 0. The lowest BCUT2D eigenvalue weighted by molar-refractivity contribution is 0.107. The van der Waals surface area contributed by atoms with Crippen molar-refractivity contribution in [1.29, 1.82) is 0 Å². The molecule has 1 aromatic rings. The number of rotatable bonds is 6. The quantitative estimate of drug-likeness (QED) is 0.555. The van der Waals surface area contributed by atoms with Gasteiger partial charge in [0.05, 0.1) is 11.0 Å². The third-order valence-electron chi connectivity index (χ3n) is 2.63. The van der Waals surface area contributed by atoms with E-state index in [1.807, 2.05) is 0 Å². The second kappa shape index (κ2) is 6.65. The summed E-state index contributed by atoms with van der Waals surface area (Å²) in [6, 6.07) is 10.7. The van der Waals surface area contributed by atoms with Gasteiger partial charge in [-0.3, -0.25) is 0 Å². The second-order valence-electron chi connectivity index (χ2n) is 5.13. The molecule has 0 unspecified atom stereocenters. The molecule has 1 nitrogen and oxygen atoms in total. The van der Waals surface area contributed by atoms with Crippen LogP contribution in [0.2, 0.25) is 0 Å². The highest BCUT2D eigenvalue weighted by molar-refractivity contribution is 6.56. The third kappa shape index (κ3) is 5.73. The lowest BCUT2D eigenvalue weighted by Crippen LogP contribution is -2.39. The van der Waals surface area contributed by atoms with Crippen LogP contribution >= 0.6 is 0 Å². The summed E-state index contributed by atoms with van der Waals surface area (Å²) in [6.45, 7) is 8.66. The predicted octanol–water partition coefficient (Wildman–Crippen LogP) is 2.94. The Bertz CT molecular complexity index is 354. The molecule has 2 heteroatoms. The molecule has 0 bridgehead atoms. The van der Waals surface area contributed by atoms with Crippen LogP contribution in [0, 0.1) is 0 Å². The first kappa shape index (κ1) is 14.0. The molecule has 0 spiro atoms. The topological polar surface area (TPSA) is 9.23 Å². The largest absolute Gasteiger partial charge is 0.497 e. The van der Waals surface area contributed by atoms with Crippen molar-refractivity contribution < 1.29 is 4.74 Å². The van der Waals surface area contributed by atoms with Crippen molar-refractivity contribution in [2.24, 2.45) is 0 Å². The van der Waals surface area contributed by atoms with Crippen molar-refractivity contribution in [3.8, 4) is 0 Å². The van der Waals surface area contributed by atoms with E-state index in [0.29, 0.717) is 0 Å². The average molecular weight is 248 g/mol. The monoisotopic (exact) mass is 248 g/mol. The molecule has 0 aliphatic heterocycles. The van der Waals surface area contributed by atoms with E-state index in [2.05, 4.69) is 64.1 Å². The van der Waals surface area contributed by atoms with Gasteiger partial charge in [0.25, 0.3) is 0 Å². The molecule has 0 saturated carbocycles. The highest BCUT2D eigenvalue weighted by Crippen LogP contribution is 2.13. The van der Waals surface area contributed by atoms with E-state index < -0.39 is 9.52 Å². The highest BCUT2D eigenvalue weighted by atomic mass is 28.2. The van der Waals surface area contributed by atoms with Crippen LogP contribution in [0.3, 0.4) is 0 Å². The normalized spacial score (nSPS) is 13.3. The van der Waals surface area contributed by atoms with E-state index in [9.17, 15) is 0 Å². The maximum Gasteiger partial charge on any atom is 0.106 e. The second-order valence-corrected chi connectivity index (χ2v) is 8.00. The van der Waals surface area contributed by atoms with Crippen LogP contribution < -0.4 is 5.19 Å². The molecule has 0 aliphatic carbocycles. The van der Waals surface area contributed by atoms with Crippen LogP contribution in [-0.2, 0) is 4.74 Å². The summed E-state index contributed by atoms with van der Waals surface area (Å²) in [5.41, 5.74) is 0. The standard InChI is InChI=1S/C15H24OSi/c1-5-6-10-13(2)16-15(3,4)17-14-11-8-7-9-12-14/h7-12H,5-6,17H2,1-4H3/b13-10+. The summed E-state index contributed by atoms with van der Waals surface area (Å²) >= 11 is 0. The van der Waals surface area contributed by atoms with E-state index >= 15 is 0 Å². The summed E-state index contributed by atoms with van der Waals surface area (Å²) < 4.78 is 6.07. The van der Waals surface area contributed by atoms with Gasteiger partial charge in [-0.25, -0.2) is 0 Å². The Morgan fingerprint density at radius 2 is 1.94 bits per heavy atom. The molecule has 0 atom stereocenters. The van der Waals surface area contributed by atoms with Crippen LogP contribution in [0.5, 0.6) is 0 Å². The maximum atomic E-state index is 6.07. The summed E-state index contributed by atoms with van der Waals surface area (Å²) in [6.07, 6.45) is 4.48. The van der Waals surface area contributed by atoms with Crippen molar-refractivity contribution in [2.75, 3.05) is 0 Å².